The molecule has 1 N–H and O–H groups in total. The standard InChI is InChI=1S/C11H18F3N3/c1-2-17-4-3-9(8-17)6-16-7-10(5-15)11(12,13)14/h9-10,16H,2-4,6-8H2,1H3. The Labute approximate surface area is 99.6 Å². The summed E-state index contributed by atoms with van der Waals surface area (Å²) in [6.07, 6.45) is -3.41. The molecule has 2 unspecified atom stereocenters. The molecular weight excluding hydrogens is 231 g/mol. The smallest absolute Gasteiger partial charge is 0.315 e. The molecule has 1 aliphatic rings. The maximum Gasteiger partial charge on any atom is 0.405 e. The van der Waals surface area contributed by atoms with Crippen LogP contribution >= 0.6 is 0 Å². The second kappa shape index (κ2) is 6.22. The van der Waals surface area contributed by atoms with Crippen LogP contribution in [0.1, 0.15) is 13.3 Å². The van der Waals surface area contributed by atoms with E-state index in [-0.39, 0.29) is 6.54 Å². The normalized spacial score (nSPS) is 23.6. The van der Waals surface area contributed by atoms with Gasteiger partial charge in [-0.25, -0.2) is 0 Å². The Morgan fingerprint density at radius 1 is 1.53 bits per heavy atom. The lowest BCUT2D eigenvalue weighted by atomic mass is 10.1. The third-order valence-electron chi connectivity index (χ3n) is 3.15. The van der Waals surface area contributed by atoms with E-state index in [1.165, 1.54) is 6.07 Å². The largest absolute Gasteiger partial charge is 0.405 e. The maximum absolute atomic E-state index is 12.3. The average Bonchev–Trinajstić information content (AvgIpc) is 2.70. The van der Waals surface area contributed by atoms with Gasteiger partial charge in [0, 0.05) is 13.1 Å². The molecule has 0 amide bonds. The quantitative estimate of drug-likeness (QED) is 0.804. The predicted octanol–water partition coefficient (Wildman–Crippen LogP) is 1.62. The first kappa shape index (κ1) is 14.3. The van der Waals surface area contributed by atoms with E-state index in [4.69, 9.17) is 5.26 Å². The van der Waals surface area contributed by atoms with E-state index in [0.717, 1.165) is 26.1 Å². The molecule has 0 bridgehead atoms. The lowest BCUT2D eigenvalue weighted by Crippen LogP contribution is -2.35. The fraction of sp³-hybridized carbons (Fsp3) is 0.909. The van der Waals surface area contributed by atoms with Gasteiger partial charge in [0.1, 0.15) is 0 Å². The molecule has 0 aliphatic carbocycles. The summed E-state index contributed by atoms with van der Waals surface area (Å²) >= 11 is 0. The SMILES string of the molecule is CCN1CCC(CNCC(C#N)C(F)(F)F)C1. The average molecular weight is 249 g/mol. The highest BCUT2D eigenvalue weighted by atomic mass is 19.4. The number of halogens is 3. The molecule has 0 radical (unpaired) electrons. The molecule has 0 spiro atoms. The molecule has 1 heterocycles. The van der Waals surface area contributed by atoms with E-state index in [1.54, 1.807) is 0 Å². The molecule has 1 saturated heterocycles. The van der Waals surface area contributed by atoms with Crippen molar-refractivity contribution in [2.24, 2.45) is 11.8 Å². The van der Waals surface area contributed by atoms with Crippen molar-refractivity contribution in [3.8, 4) is 6.07 Å². The van der Waals surface area contributed by atoms with Crippen LogP contribution in [-0.2, 0) is 0 Å². The number of alkyl halides is 3. The maximum atomic E-state index is 12.3. The third kappa shape index (κ3) is 4.52. The van der Waals surface area contributed by atoms with E-state index in [1.807, 2.05) is 0 Å². The molecule has 1 aliphatic heterocycles. The summed E-state index contributed by atoms with van der Waals surface area (Å²) in [4.78, 5) is 2.28. The number of nitrogens with one attached hydrogen (secondary N) is 1. The van der Waals surface area contributed by atoms with Gasteiger partial charge in [-0.2, -0.15) is 18.4 Å². The Morgan fingerprint density at radius 2 is 2.24 bits per heavy atom. The van der Waals surface area contributed by atoms with Crippen molar-refractivity contribution in [2.45, 2.75) is 19.5 Å². The Kier molecular flexibility index (Phi) is 5.22. The van der Waals surface area contributed by atoms with Gasteiger partial charge in [0.2, 0.25) is 0 Å². The van der Waals surface area contributed by atoms with Gasteiger partial charge in [-0.1, -0.05) is 6.92 Å². The zero-order chi connectivity index (χ0) is 12.9. The molecule has 2 atom stereocenters. The second-order valence-corrected chi connectivity index (χ2v) is 4.43. The molecule has 98 valence electrons. The van der Waals surface area contributed by atoms with Crippen molar-refractivity contribution in [3.05, 3.63) is 0 Å². The minimum atomic E-state index is -4.42. The first-order valence-electron chi connectivity index (χ1n) is 5.86. The molecule has 0 aromatic heterocycles. The Bertz CT molecular complexity index is 272. The van der Waals surface area contributed by atoms with Gasteiger partial charge >= 0.3 is 6.18 Å². The van der Waals surface area contributed by atoms with Gasteiger partial charge in [0.25, 0.3) is 0 Å². The lowest BCUT2D eigenvalue weighted by Gasteiger charge is -2.16. The van der Waals surface area contributed by atoms with Gasteiger partial charge in [0.05, 0.1) is 6.07 Å². The molecular formula is C11H18F3N3. The number of likely N-dealkylation sites (tertiary alicyclic amines) is 1. The lowest BCUT2D eigenvalue weighted by molar-refractivity contribution is -0.157. The van der Waals surface area contributed by atoms with E-state index in [0.29, 0.717) is 12.5 Å². The zero-order valence-corrected chi connectivity index (χ0v) is 9.93. The van der Waals surface area contributed by atoms with Crippen LogP contribution < -0.4 is 5.32 Å². The van der Waals surface area contributed by atoms with E-state index in [9.17, 15) is 13.2 Å². The predicted molar refractivity (Wildman–Crippen MR) is 58.2 cm³/mol. The van der Waals surface area contributed by atoms with E-state index in [2.05, 4.69) is 17.1 Å². The molecule has 0 aromatic rings. The highest BCUT2D eigenvalue weighted by Crippen LogP contribution is 2.25. The Hall–Kier alpha value is -0.800. The van der Waals surface area contributed by atoms with Crippen molar-refractivity contribution in [1.82, 2.24) is 10.2 Å². The van der Waals surface area contributed by atoms with Crippen molar-refractivity contribution < 1.29 is 13.2 Å². The van der Waals surface area contributed by atoms with Crippen LogP contribution in [-0.4, -0.2) is 43.8 Å². The molecule has 3 nitrogen and oxygen atoms in total. The summed E-state index contributed by atoms with van der Waals surface area (Å²) in [6.45, 7) is 5.27. The van der Waals surface area contributed by atoms with Crippen molar-refractivity contribution in [2.75, 3.05) is 32.7 Å². The van der Waals surface area contributed by atoms with Gasteiger partial charge in [-0.05, 0) is 32.0 Å². The van der Waals surface area contributed by atoms with Crippen molar-refractivity contribution in [3.63, 3.8) is 0 Å². The van der Waals surface area contributed by atoms with Crippen molar-refractivity contribution >= 4 is 0 Å². The number of nitrogens with zero attached hydrogens (tertiary/aromatic N) is 2. The zero-order valence-electron chi connectivity index (χ0n) is 9.93. The third-order valence-corrected chi connectivity index (χ3v) is 3.15. The molecule has 17 heavy (non-hydrogen) atoms. The monoisotopic (exact) mass is 249 g/mol. The van der Waals surface area contributed by atoms with Gasteiger partial charge in [-0.3, -0.25) is 0 Å². The molecule has 0 saturated carbocycles. The molecule has 1 fully saturated rings. The van der Waals surface area contributed by atoms with Crippen LogP contribution in [0.5, 0.6) is 0 Å². The number of hydrogen-bond acceptors (Lipinski definition) is 3. The molecule has 6 heteroatoms. The number of rotatable bonds is 5. The van der Waals surface area contributed by atoms with Gasteiger partial charge in [-0.15, -0.1) is 0 Å². The first-order chi connectivity index (χ1) is 7.97. The number of hydrogen-bond donors (Lipinski definition) is 1. The Morgan fingerprint density at radius 3 is 2.71 bits per heavy atom. The second-order valence-electron chi connectivity index (χ2n) is 4.43. The van der Waals surface area contributed by atoms with Crippen LogP contribution in [0.4, 0.5) is 13.2 Å². The first-order valence-corrected chi connectivity index (χ1v) is 5.86. The van der Waals surface area contributed by atoms with Crippen molar-refractivity contribution in [1.29, 1.82) is 5.26 Å². The molecule has 0 aromatic carbocycles. The summed E-state index contributed by atoms with van der Waals surface area (Å²) in [7, 11) is 0. The summed E-state index contributed by atoms with van der Waals surface area (Å²) in [5.74, 6) is -1.49. The highest BCUT2D eigenvalue weighted by molar-refractivity contribution is 4.90. The summed E-state index contributed by atoms with van der Waals surface area (Å²) < 4.78 is 36.8. The van der Waals surface area contributed by atoms with E-state index < -0.39 is 12.1 Å². The van der Waals surface area contributed by atoms with Crippen LogP contribution in [0.15, 0.2) is 0 Å². The minimum absolute atomic E-state index is 0.303. The molecule has 1 rings (SSSR count). The summed E-state index contributed by atoms with van der Waals surface area (Å²) in [5.41, 5.74) is 0. The van der Waals surface area contributed by atoms with Crippen LogP contribution in [0.3, 0.4) is 0 Å². The highest BCUT2D eigenvalue weighted by Gasteiger charge is 2.39. The van der Waals surface area contributed by atoms with Gasteiger partial charge < -0.3 is 10.2 Å². The fourth-order valence-corrected chi connectivity index (χ4v) is 2.03. The van der Waals surface area contributed by atoms with Crippen LogP contribution in [0, 0.1) is 23.2 Å². The van der Waals surface area contributed by atoms with Gasteiger partial charge in [0.15, 0.2) is 5.92 Å². The topological polar surface area (TPSA) is 39.1 Å². The van der Waals surface area contributed by atoms with Crippen LogP contribution in [0.2, 0.25) is 0 Å². The minimum Gasteiger partial charge on any atom is -0.315 e. The Balaban J connectivity index is 2.22. The summed E-state index contributed by atoms with van der Waals surface area (Å²) in [5, 5.41) is 11.2. The van der Waals surface area contributed by atoms with Crippen LogP contribution in [0.25, 0.3) is 0 Å². The van der Waals surface area contributed by atoms with E-state index >= 15 is 0 Å². The summed E-state index contributed by atoms with van der Waals surface area (Å²) in [6, 6.07) is 1.29. The fourth-order valence-electron chi connectivity index (χ4n) is 2.03. The number of nitriles is 1.